The number of aromatic hydroxyl groups is 1. The first-order valence-electron chi connectivity index (χ1n) is 6.26. The van der Waals surface area contributed by atoms with Gasteiger partial charge in [-0.2, -0.15) is 0 Å². The van der Waals surface area contributed by atoms with Crippen LogP contribution in [-0.4, -0.2) is 14.9 Å². The van der Waals surface area contributed by atoms with E-state index in [-0.39, 0.29) is 0 Å². The van der Waals surface area contributed by atoms with Crippen LogP contribution in [0.3, 0.4) is 0 Å². The van der Waals surface area contributed by atoms with E-state index >= 15 is 0 Å². The molecule has 1 aromatic rings. The van der Waals surface area contributed by atoms with Crippen molar-refractivity contribution in [3.63, 3.8) is 0 Å². The Hall–Kier alpha value is -0.860. The minimum Gasteiger partial charge on any atom is -0.492 e. The Morgan fingerprint density at radius 1 is 1.07 bits per heavy atom. The molecule has 2 N–H and O–H groups in total. The van der Waals surface area contributed by atoms with E-state index < -0.39 is 0 Å². The lowest BCUT2D eigenvalue weighted by molar-refractivity contribution is -0.0391. The standard InChI is InChI=1S/C12H18N2O/c15-11-6-13-14(11)12-9-2-7-1-8(4-9)5-10(12)3-7/h6-10,12-13,15H,1-5H2. The van der Waals surface area contributed by atoms with Crippen LogP contribution in [0.25, 0.3) is 0 Å². The Morgan fingerprint density at radius 2 is 1.67 bits per heavy atom. The molecule has 4 fully saturated rings. The number of rotatable bonds is 1. The first-order valence-corrected chi connectivity index (χ1v) is 6.26. The summed E-state index contributed by atoms with van der Waals surface area (Å²) in [6.45, 7) is 0. The lowest BCUT2D eigenvalue weighted by Crippen LogP contribution is -2.46. The van der Waals surface area contributed by atoms with Gasteiger partial charge >= 0.3 is 0 Å². The Kier molecular flexibility index (Phi) is 1.46. The highest BCUT2D eigenvalue weighted by atomic mass is 16.3. The van der Waals surface area contributed by atoms with Gasteiger partial charge in [-0.05, 0) is 55.8 Å². The zero-order chi connectivity index (χ0) is 9.99. The third-order valence-electron chi connectivity index (χ3n) is 5.05. The van der Waals surface area contributed by atoms with Crippen LogP contribution in [-0.2, 0) is 0 Å². The Labute approximate surface area is 89.5 Å². The van der Waals surface area contributed by atoms with E-state index in [1.807, 2.05) is 4.68 Å². The molecule has 0 aromatic carbocycles. The van der Waals surface area contributed by atoms with Gasteiger partial charge in [0.25, 0.3) is 0 Å². The maximum atomic E-state index is 9.62. The van der Waals surface area contributed by atoms with Crippen molar-refractivity contribution in [3.05, 3.63) is 6.20 Å². The molecule has 5 rings (SSSR count). The lowest BCUT2D eigenvalue weighted by atomic mass is 9.54. The molecule has 15 heavy (non-hydrogen) atoms. The van der Waals surface area contributed by atoms with Crippen molar-refractivity contribution in [2.24, 2.45) is 23.7 Å². The number of nitrogens with zero attached hydrogens (tertiary/aromatic N) is 1. The molecule has 1 heterocycles. The lowest BCUT2D eigenvalue weighted by Gasteiger charge is -2.54. The SMILES string of the molecule is Oc1c[nH]n1C1C2CC3CC(C2)CC1C3. The van der Waals surface area contributed by atoms with Crippen LogP contribution in [0.4, 0.5) is 0 Å². The average Bonchev–Trinajstić information content (AvgIpc) is 2.20. The van der Waals surface area contributed by atoms with E-state index in [2.05, 4.69) is 5.10 Å². The summed E-state index contributed by atoms with van der Waals surface area (Å²) in [6.07, 6.45) is 8.82. The van der Waals surface area contributed by atoms with E-state index in [4.69, 9.17) is 0 Å². The normalized spacial score (nSPS) is 47.6. The third kappa shape index (κ3) is 1.01. The molecule has 0 atom stereocenters. The molecular weight excluding hydrogens is 188 g/mol. The topological polar surface area (TPSA) is 40.9 Å². The highest BCUT2D eigenvalue weighted by molar-refractivity contribution is 5.09. The predicted octanol–water partition coefficient (Wildman–Crippen LogP) is 2.52. The minimum atomic E-state index is 0.451. The largest absolute Gasteiger partial charge is 0.492 e. The number of H-pyrrole nitrogens is 1. The van der Waals surface area contributed by atoms with Crippen LogP contribution < -0.4 is 0 Å². The van der Waals surface area contributed by atoms with E-state index in [0.29, 0.717) is 11.9 Å². The van der Waals surface area contributed by atoms with E-state index in [1.54, 1.807) is 6.20 Å². The van der Waals surface area contributed by atoms with Crippen LogP contribution in [0.1, 0.15) is 38.1 Å². The van der Waals surface area contributed by atoms with Gasteiger partial charge in [0.2, 0.25) is 5.88 Å². The molecule has 3 heteroatoms. The molecule has 4 saturated carbocycles. The van der Waals surface area contributed by atoms with Crippen molar-refractivity contribution >= 4 is 0 Å². The molecule has 0 radical (unpaired) electrons. The fourth-order valence-electron chi connectivity index (χ4n) is 4.75. The molecule has 4 aliphatic rings. The zero-order valence-electron chi connectivity index (χ0n) is 8.89. The van der Waals surface area contributed by atoms with Gasteiger partial charge in [0.05, 0.1) is 12.2 Å². The molecule has 4 bridgehead atoms. The molecule has 3 nitrogen and oxygen atoms in total. The highest BCUT2D eigenvalue weighted by Gasteiger charge is 2.49. The summed E-state index contributed by atoms with van der Waals surface area (Å²) in [7, 11) is 0. The van der Waals surface area contributed by atoms with E-state index in [9.17, 15) is 5.11 Å². The third-order valence-corrected chi connectivity index (χ3v) is 5.05. The first-order chi connectivity index (χ1) is 7.31. The van der Waals surface area contributed by atoms with Gasteiger partial charge in [-0.1, -0.05) is 0 Å². The fraction of sp³-hybridized carbons (Fsp3) is 0.833. The molecule has 82 valence electrons. The van der Waals surface area contributed by atoms with Crippen LogP contribution in [0, 0.1) is 23.7 Å². The monoisotopic (exact) mass is 206 g/mol. The highest BCUT2D eigenvalue weighted by Crippen LogP contribution is 2.58. The van der Waals surface area contributed by atoms with Crippen molar-refractivity contribution in [2.45, 2.75) is 38.1 Å². The molecule has 0 unspecified atom stereocenters. The van der Waals surface area contributed by atoms with Gasteiger partial charge in [0.1, 0.15) is 0 Å². The van der Waals surface area contributed by atoms with Crippen molar-refractivity contribution in [3.8, 4) is 5.88 Å². The van der Waals surface area contributed by atoms with E-state index in [1.165, 1.54) is 32.1 Å². The van der Waals surface area contributed by atoms with Crippen LogP contribution in [0.2, 0.25) is 0 Å². The summed E-state index contributed by atoms with van der Waals surface area (Å²) in [5, 5.41) is 12.8. The Balaban J connectivity index is 1.69. The second-order valence-electron chi connectivity index (χ2n) is 5.92. The van der Waals surface area contributed by atoms with Gasteiger partial charge in [0, 0.05) is 0 Å². The summed E-state index contributed by atoms with van der Waals surface area (Å²) in [5.74, 6) is 4.15. The summed E-state index contributed by atoms with van der Waals surface area (Å²) in [5.41, 5.74) is 0. The summed E-state index contributed by atoms with van der Waals surface area (Å²) in [4.78, 5) is 0. The predicted molar refractivity (Wildman–Crippen MR) is 56.5 cm³/mol. The van der Waals surface area contributed by atoms with Crippen LogP contribution in [0.15, 0.2) is 6.20 Å². The van der Waals surface area contributed by atoms with Gasteiger partial charge in [-0.15, -0.1) is 0 Å². The molecule has 0 amide bonds. The first kappa shape index (κ1) is 8.31. The molecule has 4 aliphatic carbocycles. The van der Waals surface area contributed by atoms with Crippen molar-refractivity contribution < 1.29 is 5.11 Å². The van der Waals surface area contributed by atoms with Crippen LogP contribution >= 0.6 is 0 Å². The average molecular weight is 206 g/mol. The zero-order valence-corrected chi connectivity index (χ0v) is 8.89. The molecule has 0 aliphatic heterocycles. The smallest absolute Gasteiger partial charge is 0.224 e. The minimum absolute atomic E-state index is 0.451. The van der Waals surface area contributed by atoms with Crippen LogP contribution in [0.5, 0.6) is 5.88 Å². The quantitative estimate of drug-likeness (QED) is 0.728. The maximum Gasteiger partial charge on any atom is 0.224 e. The maximum absolute atomic E-state index is 9.62. The summed E-state index contributed by atoms with van der Waals surface area (Å²) in [6, 6.07) is 0.586. The number of hydrogen-bond acceptors (Lipinski definition) is 1. The number of aromatic nitrogens is 2. The molecule has 0 spiro atoms. The summed E-state index contributed by atoms with van der Waals surface area (Å²) < 4.78 is 2.02. The second-order valence-corrected chi connectivity index (χ2v) is 5.92. The Bertz CT molecular complexity index is 351. The van der Waals surface area contributed by atoms with Crippen molar-refractivity contribution in [1.29, 1.82) is 0 Å². The van der Waals surface area contributed by atoms with Gasteiger partial charge < -0.3 is 5.11 Å². The number of nitrogens with one attached hydrogen (secondary N) is 1. The summed E-state index contributed by atoms with van der Waals surface area (Å²) >= 11 is 0. The second kappa shape index (κ2) is 2.63. The molecule has 1 aromatic heterocycles. The van der Waals surface area contributed by atoms with Crippen molar-refractivity contribution in [1.82, 2.24) is 9.78 Å². The fourth-order valence-corrected chi connectivity index (χ4v) is 4.75. The van der Waals surface area contributed by atoms with Gasteiger partial charge in [-0.25, -0.2) is 0 Å². The molecule has 0 saturated heterocycles. The van der Waals surface area contributed by atoms with Crippen molar-refractivity contribution in [2.75, 3.05) is 0 Å². The van der Waals surface area contributed by atoms with E-state index in [0.717, 1.165) is 23.7 Å². The molecular formula is C12H18N2O. The number of hydrogen-bond donors (Lipinski definition) is 2. The Morgan fingerprint density at radius 3 is 2.07 bits per heavy atom. The van der Waals surface area contributed by atoms with Gasteiger partial charge in [0.15, 0.2) is 0 Å². The van der Waals surface area contributed by atoms with Gasteiger partial charge in [-0.3, -0.25) is 9.78 Å². The number of aromatic amines is 1.